The van der Waals surface area contributed by atoms with E-state index in [1.807, 2.05) is 31.2 Å². The summed E-state index contributed by atoms with van der Waals surface area (Å²) < 4.78 is 11.1. The zero-order valence-electron chi connectivity index (χ0n) is 12.3. The van der Waals surface area contributed by atoms with Crippen molar-refractivity contribution >= 4 is 5.91 Å². The van der Waals surface area contributed by atoms with E-state index in [-0.39, 0.29) is 5.91 Å². The molecule has 0 aliphatic rings. The van der Waals surface area contributed by atoms with E-state index in [1.54, 1.807) is 11.9 Å². The molecule has 1 aromatic rings. The van der Waals surface area contributed by atoms with E-state index in [0.717, 1.165) is 6.42 Å². The third-order valence-corrected chi connectivity index (χ3v) is 2.85. The van der Waals surface area contributed by atoms with Crippen LogP contribution in [0.1, 0.15) is 19.8 Å². The number of amides is 1. The van der Waals surface area contributed by atoms with Gasteiger partial charge in [-0.25, -0.2) is 0 Å². The van der Waals surface area contributed by atoms with Gasteiger partial charge in [-0.3, -0.25) is 4.79 Å². The van der Waals surface area contributed by atoms with Gasteiger partial charge < -0.3 is 20.1 Å². The number of ether oxygens (including phenoxy) is 2. The minimum absolute atomic E-state index is 0.0624. The molecule has 0 heterocycles. The molecule has 0 fully saturated rings. The second-order valence-electron chi connectivity index (χ2n) is 4.44. The maximum atomic E-state index is 11.8. The molecular formula is C15H24N2O3. The molecule has 0 atom stereocenters. The monoisotopic (exact) mass is 280 g/mol. The van der Waals surface area contributed by atoms with Gasteiger partial charge in [-0.05, 0) is 32.0 Å². The lowest BCUT2D eigenvalue weighted by Gasteiger charge is -2.17. The van der Waals surface area contributed by atoms with Gasteiger partial charge in [-0.2, -0.15) is 0 Å². The lowest BCUT2D eigenvalue weighted by molar-refractivity contribution is -0.130. The van der Waals surface area contributed by atoms with E-state index in [2.05, 4.69) is 0 Å². The van der Waals surface area contributed by atoms with E-state index < -0.39 is 0 Å². The van der Waals surface area contributed by atoms with Crippen LogP contribution in [0.4, 0.5) is 0 Å². The molecule has 0 saturated heterocycles. The van der Waals surface area contributed by atoms with Gasteiger partial charge in [-0.15, -0.1) is 0 Å². The number of benzene rings is 1. The van der Waals surface area contributed by atoms with Crippen LogP contribution in [0.5, 0.6) is 11.5 Å². The highest BCUT2D eigenvalue weighted by atomic mass is 16.5. The van der Waals surface area contributed by atoms with Gasteiger partial charge in [0, 0.05) is 13.6 Å². The van der Waals surface area contributed by atoms with E-state index >= 15 is 0 Å². The van der Waals surface area contributed by atoms with Crippen molar-refractivity contribution in [3.05, 3.63) is 24.3 Å². The Kier molecular flexibility index (Phi) is 7.50. The molecule has 20 heavy (non-hydrogen) atoms. The number of nitrogens with two attached hydrogens (primary N) is 1. The largest absolute Gasteiger partial charge is 0.490 e. The van der Waals surface area contributed by atoms with Crippen LogP contribution in [-0.4, -0.2) is 44.2 Å². The number of rotatable bonds is 9. The highest BCUT2D eigenvalue weighted by Crippen LogP contribution is 2.26. The van der Waals surface area contributed by atoms with E-state index in [0.29, 0.717) is 44.2 Å². The van der Waals surface area contributed by atoms with Crippen molar-refractivity contribution < 1.29 is 14.3 Å². The number of carbonyl (C=O) groups excluding carboxylic acids is 1. The Hall–Kier alpha value is -1.75. The van der Waals surface area contributed by atoms with Crippen LogP contribution in [0.3, 0.4) is 0 Å². The summed E-state index contributed by atoms with van der Waals surface area (Å²) >= 11 is 0. The summed E-state index contributed by atoms with van der Waals surface area (Å²) in [4.78, 5) is 13.5. The molecule has 0 saturated carbocycles. The molecule has 1 amide bonds. The Morgan fingerprint density at radius 2 is 1.90 bits per heavy atom. The Balaban J connectivity index is 2.38. The van der Waals surface area contributed by atoms with Crippen molar-refractivity contribution in [3.8, 4) is 11.5 Å². The number of hydrogen-bond acceptors (Lipinski definition) is 4. The molecule has 5 nitrogen and oxygen atoms in total. The lowest BCUT2D eigenvalue weighted by Crippen LogP contribution is -2.30. The van der Waals surface area contributed by atoms with E-state index in [9.17, 15) is 4.79 Å². The SMILES string of the molecule is CCOc1ccccc1OCCC(=O)N(C)CCCN. The van der Waals surface area contributed by atoms with Gasteiger partial charge in [0.05, 0.1) is 19.6 Å². The first kappa shape index (κ1) is 16.3. The highest BCUT2D eigenvalue weighted by Gasteiger charge is 2.09. The first-order valence-corrected chi connectivity index (χ1v) is 6.97. The van der Waals surface area contributed by atoms with Crippen molar-refractivity contribution in [1.29, 1.82) is 0 Å². The van der Waals surface area contributed by atoms with Crippen LogP contribution in [0, 0.1) is 0 Å². The second kappa shape index (κ2) is 9.20. The maximum Gasteiger partial charge on any atom is 0.225 e. The van der Waals surface area contributed by atoms with Gasteiger partial charge in [0.15, 0.2) is 11.5 Å². The Labute approximate surface area is 120 Å². The Morgan fingerprint density at radius 3 is 2.50 bits per heavy atom. The summed E-state index contributed by atoms with van der Waals surface area (Å²) in [7, 11) is 1.78. The highest BCUT2D eigenvalue weighted by molar-refractivity contribution is 5.75. The van der Waals surface area contributed by atoms with Crippen LogP contribution < -0.4 is 15.2 Å². The first-order chi connectivity index (χ1) is 9.69. The molecule has 0 unspecified atom stereocenters. The van der Waals surface area contributed by atoms with Gasteiger partial charge in [0.25, 0.3) is 0 Å². The molecule has 5 heteroatoms. The number of nitrogens with zero attached hydrogens (tertiary/aromatic N) is 1. The zero-order chi connectivity index (χ0) is 14.8. The third-order valence-electron chi connectivity index (χ3n) is 2.85. The third kappa shape index (κ3) is 5.48. The summed E-state index contributed by atoms with van der Waals surface area (Å²) in [6, 6.07) is 7.47. The predicted molar refractivity (Wildman–Crippen MR) is 79.0 cm³/mol. The topological polar surface area (TPSA) is 64.8 Å². The van der Waals surface area contributed by atoms with Crippen LogP contribution in [0.2, 0.25) is 0 Å². The number of para-hydroxylation sites is 2. The summed E-state index contributed by atoms with van der Waals surface area (Å²) in [6.07, 6.45) is 1.16. The summed E-state index contributed by atoms with van der Waals surface area (Å²) in [5.74, 6) is 1.44. The van der Waals surface area contributed by atoms with Crippen LogP contribution in [-0.2, 0) is 4.79 Å². The van der Waals surface area contributed by atoms with Gasteiger partial charge >= 0.3 is 0 Å². The smallest absolute Gasteiger partial charge is 0.225 e. The lowest BCUT2D eigenvalue weighted by atomic mass is 10.3. The van der Waals surface area contributed by atoms with Crippen molar-refractivity contribution in [3.63, 3.8) is 0 Å². The van der Waals surface area contributed by atoms with Crippen molar-refractivity contribution in [2.45, 2.75) is 19.8 Å². The molecule has 1 rings (SSSR count). The van der Waals surface area contributed by atoms with Gasteiger partial charge in [0.2, 0.25) is 5.91 Å². The molecular weight excluding hydrogens is 256 g/mol. The average Bonchev–Trinajstić information content (AvgIpc) is 2.46. The molecule has 1 aromatic carbocycles. The molecule has 0 spiro atoms. The first-order valence-electron chi connectivity index (χ1n) is 6.97. The van der Waals surface area contributed by atoms with Crippen molar-refractivity contribution in [1.82, 2.24) is 4.90 Å². The Morgan fingerprint density at radius 1 is 1.25 bits per heavy atom. The quantitative estimate of drug-likeness (QED) is 0.747. The van der Waals surface area contributed by atoms with Gasteiger partial charge in [0.1, 0.15) is 0 Å². The predicted octanol–water partition coefficient (Wildman–Crippen LogP) is 1.66. The standard InChI is InChI=1S/C15H24N2O3/c1-3-19-13-7-4-5-8-14(13)20-12-9-15(18)17(2)11-6-10-16/h4-5,7-8H,3,6,9-12,16H2,1-2H3. The normalized spacial score (nSPS) is 10.2. The van der Waals surface area contributed by atoms with E-state index in [4.69, 9.17) is 15.2 Å². The fraction of sp³-hybridized carbons (Fsp3) is 0.533. The second-order valence-corrected chi connectivity index (χ2v) is 4.44. The molecule has 0 radical (unpaired) electrons. The zero-order valence-corrected chi connectivity index (χ0v) is 12.3. The number of hydrogen-bond donors (Lipinski definition) is 1. The fourth-order valence-corrected chi connectivity index (χ4v) is 1.74. The fourth-order valence-electron chi connectivity index (χ4n) is 1.74. The molecule has 2 N–H and O–H groups in total. The average molecular weight is 280 g/mol. The minimum atomic E-state index is 0.0624. The molecule has 0 aromatic heterocycles. The number of carbonyl (C=O) groups is 1. The van der Waals surface area contributed by atoms with Crippen LogP contribution in [0.25, 0.3) is 0 Å². The summed E-state index contributed by atoms with van der Waals surface area (Å²) in [5.41, 5.74) is 5.42. The van der Waals surface area contributed by atoms with Crippen LogP contribution in [0.15, 0.2) is 24.3 Å². The molecule has 0 aliphatic heterocycles. The van der Waals surface area contributed by atoms with Gasteiger partial charge in [-0.1, -0.05) is 12.1 Å². The summed E-state index contributed by atoms with van der Waals surface area (Å²) in [5, 5.41) is 0. The maximum absolute atomic E-state index is 11.8. The molecule has 0 bridgehead atoms. The van der Waals surface area contributed by atoms with Crippen molar-refractivity contribution in [2.24, 2.45) is 5.73 Å². The molecule has 112 valence electrons. The summed E-state index contributed by atoms with van der Waals surface area (Å²) in [6.45, 7) is 4.13. The van der Waals surface area contributed by atoms with Crippen molar-refractivity contribution in [2.75, 3.05) is 33.4 Å². The molecule has 0 aliphatic carbocycles. The van der Waals surface area contributed by atoms with Crippen LogP contribution >= 0.6 is 0 Å². The van der Waals surface area contributed by atoms with E-state index in [1.165, 1.54) is 0 Å². The minimum Gasteiger partial charge on any atom is -0.490 e. The Bertz CT molecular complexity index is 410.